The van der Waals surface area contributed by atoms with E-state index in [1.165, 1.54) is 16.4 Å². The summed E-state index contributed by atoms with van der Waals surface area (Å²) in [6, 6.07) is 17.2. The van der Waals surface area contributed by atoms with Crippen molar-refractivity contribution in [1.82, 2.24) is 15.0 Å². The normalized spacial score (nSPS) is 14.9. The highest BCUT2D eigenvalue weighted by Crippen LogP contribution is 2.24. The Morgan fingerprint density at radius 3 is 2.39 bits per heavy atom. The molecule has 9 heteroatoms. The first-order valence-corrected chi connectivity index (χ1v) is 12.4. The van der Waals surface area contributed by atoms with Crippen molar-refractivity contribution < 1.29 is 17.7 Å². The van der Waals surface area contributed by atoms with E-state index < -0.39 is 10.0 Å². The molecule has 174 valence electrons. The summed E-state index contributed by atoms with van der Waals surface area (Å²) < 4.78 is 33.3. The molecule has 4 rings (SSSR count). The highest BCUT2D eigenvalue weighted by Gasteiger charge is 2.27. The van der Waals surface area contributed by atoms with Crippen molar-refractivity contribution in [1.29, 1.82) is 0 Å². The lowest BCUT2D eigenvalue weighted by atomic mass is 10.2. The monoisotopic (exact) mass is 468 g/mol. The topological polar surface area (TPSA) is 87.0 Å². The number of hydrogen-bond acceptors (Lipinski definition) is 6. The fourth-order valence-corrected chi connectivity index (χ4v) is 5.53. The maximum absolute atomic E-state index is 13.3. The minimum absolute atomic E-state index is 0.110. The number of para-hydroxylation sites is 1. The molecule has 0 bridgehead atoms. The van der Waals surface area contributed by atoms with E-state index in [1.807, 2.05) is 19.1 Å². The van der Waals surface area contributed by atoms with Crippen LogP contribution in [0.25, 0.3) is 0 Å². The predicted molar refractivity (Wildman–Crippen MR) is 126 cm³/mol. The molecule has 0 saturated carbocycles. The second-order valence-electron chi connectivity index (χ2n) is 8.04. The van der Waals surface area contributed by atoms with Crippen LogP contribution in [0.15, 0.2) is 70.1 Å². The number of piperazine rings is 1. The van der Waals surface area contributed by atoms with Crippen molar-refractivity contribution in [2.45, 2.75) is 25.3 Å². The molecule has 33 heavy (non-hydrogen) atoms. The molecule has 0 unspecified atom stereocenters. The Morgan fingerprint density at radius 2 is 1.76 bits per heavy atom. The number of aromatic nitrogens is 1. The molecule has 3 aromatic rings. The van der Waals surface area contributed by atoms with Crippen molar-refractivity contribution in [3.63, 3.8) is 0 Å². The van der Waals surface area contributed by atoms with Gasteiger partial charge in [-0.1, -0.05) is 29.4 Å². The number of sulfonamides is 1. The predicted octanol–water partition coefficient (Wildman–Crippen LogP) is 3.16. The van der Waals surface area contributed by atoms with Crippen molar-refractivity contribution in [3.8, 4) is 0 Å². The van der Waals surface area contributed by atoms with Crippen LogP contribution in [0.5, 0.6) is 0 Å². The van der Waals surface area contributed by atoms with Gasteiger partial charge >= 0.3 is 0 Å². The summed E-state index contributed by atoms with van der Waals surface area (Å²) in [6.45, 7) is 7.17. The molecule has 0 radical (unpaired) electrons. The molecule has 1 aliphatic heterocycles. The van der Waals surface area contributed by atoms with Crippen LogP contribution >= 0.6 is 0 Å². The number of carbonyl (C=O) groups excluding carboxylic acids is 1. The summed E-state index contributed by atoms with van der Waals surface area (Å²) in [4.78, 5) is 17.2. The van der Waals surface area contributed by atoms with E-state index in [-0.39, 0.29) is 17.3 Å². The number of hydrogen-bond donors (Lipinski definition) is 0. The molecule has 1 fully saturated rings. The van der Waals surface area contributed by atoms with Crippen LogP contribution in [0.4, 0.5) is 5.69 Å². The minimum atomic E-state index is -3.79. The number of benzene rings is 2. The Labute approximate surface area is 194 Å². The summed E-state index contributed by atoms with van der Waals surface area (Å²) in [7, 11) is -3.79. The number of amides is 1. The number of carbonyl (C=O) groups is 1. The Morgan fingerprint density at radius 1 is 1.03 bits per heavy atom. The van der Waals surface area contributed by atoms with E-state index in [2.05, 4.69) is 10.1 Å². The van der Waals surface area contributed by atoms with Gasteiger partial charge in [-0.25, -0.2) is 8.42 Å². The van der Waals surface area contributed by atoms with E-state index >= 15 is 0 Å². The van der Waals surface area contributed by atoms with Gasteiger partial charge in [-0.3, -0.25) is 14.0 Å². The van der Waals surface area contributed by atoms with Crippen LogP contribution in [0, 0.1) is 6.92 Å². The molecular weight excluding hydrogens is 440 g/mol. The minimum Gasteiger partial charge on any atom is -0.360 e. The van der Waals surface area contributed by atoms with Crippen LogP contribution in [0.1, 0.15) is 28.7 Å². The number of anilines is 1. The quantitative estimate of drug-likeness (QED) is 0.529. The Balaban J connectivity index is 1.45. The highest BCUT2D eigenvalue weighted by atomic mass is 32.2. The molecule has 1 saturated heterocycles. The van der Waals surface area contributed by atoms with Gasteiger partial charge in [-0.05, 0) is 44.2 Å². The van der Waals surface area contributed by atoms with Crippen LogP contribution in [-0.4, -0.2) is 62.0 Å². The van der Waals surface area contributed by atoms with Gasteiger partial charge in [0.2, 0.25) is 0 Å². The average molecular weight is 469 g/mol. The Bertz CT molecular complexity index is 1200. The molecule has 1 amide bonds. The molecule has 2 heterocycles. The van der Waals surface area contributed by atoms with Crippen molar-refractivity contribution in [3.05, 3.63) is 77.7 Å². The standard InChI is InChI=1S/C24H28N4O4S/c1-3-28(21-9-5-4-6-10-21)33(30,31)23-11-7-8-20(17-23)24(29)27-14-12-26(13-15-27)18-22-16-19(2)25-32-22/h4-11,16-17H,3,12-15,18H2,1-2H3. The smallest absolute Gasteiger partial charge is 0.264 e. The first-order valence-electron chi connectivity index (χ1n) is 11.0. The average Bonchev–Trinajstić information content (AvgIpc) is 3.24. The second kappa shape index (κ2) is 9.76. The fraction of sp³-hybridized carbons (Fsp3) is 0.333. The molecule has 1 aliphatic rings. The van der Waals surface area contributed by atoms with E-state index in [0.717, 1.165) is 11.5 Å². The lowest BCUT2D eigenvalue weighted by Gasteiger charge is -2.34. The summed E-state index contributed by atoms with van der Waals surface area (Å²) in [6.07, 6.45) is 0. The molecule has 8 nitrogen and oxygen atoms in total. The zero-order valence-corrected chi connectivity index (χ0v) is 19.7. The zero-order chi connectivity index (χ0) is 23.4. The lowest BCUT2D eigenvalue weighted by molar-refractivity contribution is 0.0617. The van der Waals surface area contributed by atoms with E-state index in [4.69, 9.17) is 4.52 Å². The first-order chi connectivity index (χ1) is 15.9. The van der Waals surface area contributed by atoms with E-state index in [0.29, 0.717) is 44.0 Å². The van der Waals surface area contributed by atoms with Gasteiger partial charge in [0.15, 0.2) is 5.76 Å². The SMILES string of the molecule is CCN(c1ccccc1)S(=O)(=O)c1cccc(C(=O)N2CCN(Cc3cc(C)no3)CC2)c1. The summed E-state index contributed by atoms with van der Waals surface area (Å²) in [5.74, 6) is 0.647. The number of aryl methyl sites for hydroxylation is 1. The zero-order valence-electron chi connectivity index (χ0n) is 18.8. The molecule has 0 spiro atoms. The largest absolute Gasteiger partial charge is 0.360 e. The third-order valence-corrected chi connectivity index (χ3v) is 7.62. The molecule has 2 aromatic carbocycles. The highest BCUT2D eigenvalue weighted by molar-refractivity contribution is 7.92. The van der Waals surface area contributed by atoms with Gasteiger partial charge in [0.05, 0.1) is 22.8 Å². The second-order valence-corrected chi connectivity index (χ2v) is 9.90. The van der Waals surface area contributed by atoms with Gasteiger partial charge in [-0.2, -0.15) is 0 Å². The summed E-state index contributed by atoms with van der Waals surface area (Å²) >= 11 is 0. The number of rotatable bonds is 7. The third-order valence-electron chi connectivity index (χ3n) is 5.72. The lowest BCUT2D eigenvalue weighted by Crippen LogP contribution is -2.48. The Hall–Kier alpha value is -3.17. The van der Waals surface area contributed by atoms with Crippen LogP contribution in [-0.2, 0) is 16.6 Å². The van der Waals surface area contributed by atoms with Crippen molar-refractivity contribution in [2.75, 3.05) is 37.0 Å². The first kappa shape index (κ1) is 23.0. The van der Waals surface area contributed by atoms with E-state index in [1.54, 1.807) is 48.2 Å². The maximum Gasteiger partial charge on any atom is 0.264 e. The van der Waals surface area contributed by atoms with Gasteiger partial charge in [0, 0.05) is 44.4 Å². The molecular formula is C24H28N4O4S. The molecule has 0 N–H and O–H groups in total. The van der Waals surface area contributed by atoms with Crippen LogP contribution in [0.3, 0.4) is 0 Å². The van der Waals surface area contributed by atoms with Gasteiger partial charge in [0.1, 0.15) is 0 Å². The van der Waals surface area contributed by atoms with E-state index in [9.17, 15) is 13.2 Å². The summed E-state index contributed by atoms with van der Waals surface area (Å²) in [5.41, 5.74) is 1.82. The number of nitrogens with zero attached hydrogens (tertiary/aromatic N) is 4. The molecule has 1 aromatic heterocycles. The third kappa shape index (κ3) is 5.09. The van der Waals surface area contributed by atoms with Crippen LogP contribution < -0.4 is 4.31 Å². The maximum atomic E-state index is 13.3. The molecule has 0 aliphatic carbocycles. The fourth-order valence-electron chi connectivity index (χ4n) is 4.01. The summed E-state index contributed by atoms with van der Waals surface area (Å²) in [5, 5.41) is 3.91. The van der Waals surface area contributed by atoms with Crippen molar-refractivity contribution >= 4 is 21.6 Å². The van der Waals surface area contributed by atoms with Gasteiger partial charge in [0.25, 0.3) is 15.9 Å². The van der Waals surface area contributed by atoms with Gasteiger partial charge < -0.3 is 9.42 Å². The van der Waals surface area contributed by atoms with Crippen LogP contribution in [0.2, 0.25) is 0 Å². The van der Waals surface area contributed by atoms with Crippen molar-refractivity contribution in [2.24, 2.45) is 0 Å². The van der Waals surface area contributed by atoms with Gasteiger partial charge in [-0.15, -0.1) is 0 Å². The Kier molecular flexibility index (Phi) is 6.80. The molecule has 0 atom stereocenters.